The first-order valence-electron chi connectivity index (χ1n) is 9.91. The van der Waals surface area contributed by atoms with Crippen LogP contribution in [-0.4, -0.2) is 47.8 Å². The smallest absolute Gasteiger partial charge is 0.250 e. The highest BCUT2D eigenvalue weighted by atomic mass is 32.2. The molecule has 4 rings (SSSR count). The molecule has 2 aromatic heterocycles. The van der Waals surface area contributed by atoms with Gasteiger partial charge in [0.1, 0.15) is 0 Å². The number of nitrogens with one attached hydrogen (secondary N) is 1. The third-order valence-corrected chi connectivity index (χ3v) is 5.53. The van der Waals surface area contributed by atoms with Crippen LogP contribution < -0.4 is 5.43 Å². The van der Waals surface area contributed by atoms with E-state index in [1.165, 1.54) is 30.1 Å². The Morgan fingerprint density at radius 1 is 1.06 bits per heavy atom. The zero-order valence-corrected chi connectivity index (χ0v) is 18.4. The van der Waals surface area contributed by atoms with Gasteiger partial charge in [-0.2, -0.15) is 5.10 Å². The van der Waals surface area contributed by atoms with Gasteiger partial charge in [0.05, 0.1) is 12.0 Å². The highest BCUT2D eigenvalue weighted by molar-refractivity contribution is 7.99. The fourth-order valence-corrected chi connectivity index (χ4v) is 3.68. The molecule has 9 nitrogen and oxygen atoms in total. The minimum atomic E-state index is -0.330. The van der Waals surface area contributed by atoms with Crippen LogP contribution in [0.25, 0.3) is 17.1 Å². The van der Waals surface area contributed by atoms with E-state index in [0.29, 0.717) is 16.5 Å². The summed E-state index contributed by atoms with van der Waals surface area (Å²) >= 11 is 1.24. The molecule has 0 bridgehead atoms. The molecule has 0 fully saturated rings. The van der Waals surface area contributed by atoms with Gasteiger partial charge in [-0.25, -0.2) is 5.43 Å². The van der Waals surface area contributed by atoms with Crippen LogP contribution in [0.5, 0.6) is 11.5 Å². The second-order valence-electron chi connectivity index (χ2n) is 7.04. The molecular weight excluding hydrogens is 440 g/mol. The van der Waals surface area contributed by atoms with Gasteiger partial charge >= 0.3 is 0 Å². The summed E-state index contributed by atoms with van der Waals surface area (Å²) in [7, 11) is 0. The van der Waals surface area contributed by atoms with Gasteiger partial charge in [0.15, 0.2) is 22.5 Å². The monoisotopic (exact) mass is 460 g/mol. The molecule has 0 saturated carbocycles. The molecule has 2 aromatic carbocycles. The Labute approximate surface area is 193 Å². The van der Waals surface area contributed by atoms with Gasteiger partial charge in [0, 0.05) is 23.6 Å². The Bertz CT molecular complexity index is 1290. The van der Waals surface area contributed by atoms with Crippen molar-refractivity contribution in [2.75, 3.05) is 5.75 Å². The highest BCUT2D eigenvalue weighted by Gasteiger charge is 2.17. The second kappa shape index (κ2) is 9.96. The number of aryl methyl sites for hydroxylation is 1. The van der Waals surface area contributed by atoms with Gasteiger partial charge in [0.25, 0.3) is 5.91 Å². The lowest BCUT2D eigenvalue weighted by Crippen LogP contribution is -2.20. The average Bonchev–Trinajstić information content (AvgIpc) is 3.25. The van der Waals surface area contributed by atoms with Crippen LogP contribution in [-0.2, 0) is 4.79 Å². The van der Waals surface area contributed by atoms with E-state index in [0.717, 1.165) is 16.8 Å². The first-order valence-corrected chi connectivity index (χ1v) is 10.9. The van der Waals surface area contributed by atoms with E-state index in [1.807, 2.05) is 47.9 Å². The van der Waals surface area contributed by atoms with E-state index in [-0.39, 0.29) is 23.2 Å². The summed E-state index contributed by atoms with van der Waals surface area (Å²) < 4.78 is 1.90. The summed E-state index contributed by atoms with van der Waals surface area (Å²) in [6, 6.07) is 15.9. The Morgan fingerprint density at radius 3 is 2.55 bits per heavy atom. The van der Waals surface area contributed by atoms with Gasteiger partial charge < -0.3 is 10.2 Å². The predicted octanol–water partition coefficient (Wildman–Crippen LogP) is 3.29. The van der Waals surface area contributed by atoms with E-state index in [4.69, 9.17) is 0 Å². The summed E-state index contributed by atoms with van der Waals surface area (Å²) in [5, 5.41) is 31.9. The number of hydrogen-bond acceptors (Lipinski definition) is 8. The summed E-state index contributed by atoms with van der Waals surface area (Å²) in [4.78, 5) is 16.4. The van der Waals surface area contributed by atoms with Crippen LogP contribution in [0.15, 0.2) is 77.2 Å². The molecule has 0 aliphatic heterocycles. The summed E-state index contributed by atoms with van der Waals surface area (Å²) in [6.07, 6.45) is 4.75. The van der Waals surface area contributed by atoms with E-state index in [9.17, 15) is 15.0 Å². The number of aromatic hydroxyl groups is 2. The van der Waals surface area contributed by atoms with Crippen molar-refractivity contribution < 1.29 is 15.0 Å². The third kappa shape index (κ3) is 5.36. The predicted molar refractivity (Wildman–Crippen MR) is 126 cm³/mol. The van der Waals surface area contributed by atoms with Crippen molar-refractivity contribution in [2.24, 2.45) is 5.10 Å². The number of carbonyl (C=O) groups is 1. The Balaban J connectivity index is 1.49. The molecule has 0 spiro atoms. The zero-order valence-electron chi connectivity index (χ0n) is 17.6. The summed E-state index contributed by atoms with van der Waals surface area (Å²) in [5.74, 6) is -0.103. The van der Waals surface area contributed by atoms with Crippen LogP contribution in [0, 0.1) is 6.92 Å². The lowest BCUT2D eigenvalue weighted by atomic mass is 10.2. The molecule has 33 heavy (non-hydrogen) atoms. The number of hydrazone groups is 1. The van der Waals surface area contributed by atoms with Crippen molar-refractivity contribution in [2.45, 2.75) is 12.1 Å². The van der Waals surface area contributed by atoms with Gasteiger partial charge in [-0.15, -0.1) is 10.2 Å². The van der Waals surface area contributed by atoms with Crippen LogP contribution in [0.2, 0.25) is 0 Å². The number of pyridine rings is 1. The summed E-state index contributed by atoms with van der Waals surface area (Å²) in [5.41, 5.74) is 5.84. The number of rotatable bonds is 7. The van der Waals surface area contributed by atoms with Crippen molar-refractivity contribution in [3.8, 4) is 28.6 Å². The molecule has 3 N–H and O–H groups in total. The maximum absolute atomic E-state index is 12.3. The van der Waals surface area contributed by atoms with Gasteiger partial charge in [-0.1, -0.05) is 29.5 Å². The van der Waals surface area contributed by atoms with Gasteiger partial charge in [-0.3, -0.25) is 14.3 Å². The minimum Gasteiger partial charge on any atom is -0.504 e. The topological polar surface area (TPSA) is 126 Å². The van der Waals surface area contributed by atoms with E-state index < -0.39 is 0 Å². The maximum Gasteiger partial charge on any atom is 0.250 e. The van der Waals surface area contributed by atoms with Gasteiger partial charge in [0.2, 0.25) is 0 Å². The number of phenolic OH excluding ortho intramolecular Hbond substituents is 2. The van der Waals surface area contributed by atoms with E-state index in [1.54, 1.807) is 18.5 Å². The Kier molecular flexibility index (Phi) is 6.65. The quantitative estimate of drug-likeness (QED) is 0.167. The van der Waals surface area contributed by atoms with Crippen LogP contribution in [0.3, 0.4) is 0 Å². The second-order valence-corrected chi connectivity index (χ2v) is 7.99. The molecule has 0 atom stereocenters. The van der Waals surface area contributed by atoms with Crippen molar-refractivity contribution in [1.82, 2.24) is 25.2 Å². The molecule has 10 heteroatoms. The fraction of sp³-hybridized carbons (Fsp3) is 0.0870. The standard InChI is InChI=1S/C23H20N6O3S/c1-15-2-5-18(6-3-15)29-22(17-8-10-24-11-9-17)27-28-23(29)33-14-21(32)26-25-13-16-4-7-19(30)20(31)12-16/h2-13,30-31H,14H2,1H3,(H,26,32)/b25-13+. The Morgan fingerprint density at radius 2 is 1.82 bits per heavy atom. The van der Waals surface area contributed by atoms with Crippen LogP contribution >= 0.6 is 11.8 Å². The van der Waals surface area contributed by atoms with Crippen molar-refractivity contribution in [1.29, 1.82) is 0 Å². The number of thioether (sulfide) groups is 1. The lowest BCUT2D eigenvalue weighted by Gasteiger charge is -2.10. The molecule has 0 radical (unpaired) electrons. The van der Waals surface area contributed by atoms with E-state index >= 15 is 0 Å². The molecule has 166 valence electrons. The normalized spacial score (nSPS) is 11.1. The summed E-state index contributed by atoms with van der Waals surface area (Å²) in [6.45, 7) is 2.01. The first-order chi connectivity index (χ1) is 16.0. The van der Waals surface area contributed by atoms with Gasteiger partial charge in [-0.05, 0) is 55.0 Å². The van der Waals surface area contributed by atoms with Crippen molar-refractivity contribution in [3.63, 3.8) is 0 Å². The molecule has 4 aromatic rings. The molecule has 0 aliphatic carbocycles. The number of phenols is 2. The van der Waals surface area contributed by atoms with Crippen LogP contribution in [0.1, 0.15) is 11.1 Å². The Hall–Kier alpha value is -4.18. The fourth-order valence-electron chi connectivity index (χ4n) is 2.94. The number of hydrogen-bond donors (Lipinski definition) is 3. The van der Waals surface area contributed by atoms with E-state index in [2.05, 4.69) is 25.7 Å². The van der Waals surface area contributed by atoms with Crippen LogP contribution in [0.4, 0.5) is 0 Å². The molecule has 0 unspecified atom stereocenters. The number of amides is 1. The lowest BCUT2D eigenvalue weighted by molar-refractivity contribution is -0.118. The number of nitrogens with zero attached hydrogens (tertiary/aromatic N) is 5. The molecule has 0 saturated heterocycles. The average molecular weight is 461 g/mol. The minimum absolute atomic E-state index is 0.0680. The SMILES string of the molecule is Cc1ccc(-n2c(SCC(=O)N/N=C/c3ccc(O)c(O)c3)nnc2-c2ccncc2)cc1. The number of carbonyl (C=O) groups excluding carboxylic acids is 1. The first kappa shape index (κ1) is 22.0. The molecular formula is C23H20N6O3S. The third-order valence-electron chi connectivity index (χ3n) is 4.60. The van der Waals surface area contributed by atoms with Crippen molar-refractivity contribution in [3.05, 3.63) is 78.1 Å². The zero-order chi connectivity index (χ0) is 23.2. The largest absolute Gasteiger partial charge is 0.504 e. The maximum atomic E-state index is 12.3. The highest BCUT2D eigenvalue weighted by Crippen LogP contribution is 2.28. The molecule has 1 amide bonds. The number of benzene rings is 2. The molecule has 0 aliphatic rings. The molecule has 2 heterocycles. The number of aromatic nitrogens is 4. The van der Waals surface area contributed by atoms with Crippen molar-refractivity contribution >= 4 is 23.9 Å².